The SMILES string of the molecule is C=C(C)C1C=C/C=C\C=C(/C)C1.Cc1cc(-c2ccccc2)ccc1N(CN)CC1=CNCN1. The van der Waals surface area contributed by atoms with E-state index in [2.05, 4.69) is 116 Å². The Kier molecular flexibility index (Phi) is 9.36. The smallest absolute Gasteiger partial charge is 0.0843 e. The van der Waals surface area contributed by atoms with Crippen LogP contribution in [0.2, 0.25) is 0 Å². The van der Waals surface area contributed by atoms with Crippen molar-refractivity contribution in [2.45, 2.75) is 27.2 Å². The minimum Gasteiger partial charge on any atom is -0.372 e. The summed E-state index contributed by atoms with van der Waals surface area (Å²) in [5.74, 6) is 0.520. The Bertz CT molecular complexity index is 1080. The number of hydrogen-bond acceptors (Lipinski definition) is 4. The number of nitrogens with zero attached hydrogens (tertiary/aromatic N) is 1. The van der Waals surface area contributed by atoms with Crippen molar-refractivity contribution in [3.8, 4) is 11.1 Å². The van der Waals surface area contributed by atoms with E-state index in [1.165, 1.54) is 33.5 Å². The first-order valence-corrected chi connectivity index (χ1v) is 11.9. The van der Waals surface area contributed by atoms with Crippen molar-refractivity contribution >= 4 is 5.69 Å². The molecule has 1 aliphatic carbocycles. The molecule has 0 saturated heterocycles. The molecule has 1 heterocycles. The standard InChI is InChI=1S/C18H22N4.C12H16/c1-14-9-16(15-5-3-2-4-6-15)7-8-18(14)22(12-19)11-17-10-20-13-21-17;1-10(2)12-8-6-4-5-7-11(3)9-12/h2-10,20-21H,11-13,19H2,1H3;4-8,12H,1,9H2,2-3H3/b;5-4-,8-6?,11-7+. The van der Waals surface area contributed by atoms with Gasteiger partial charge in [-0.15, -0.1) is 0 Å². The second kappa shape index (κ2) is 12.7. The van der Waals surface area contributed by atoms with Crippen LogP contribution >= 0.6 is 0 Å². The van der Waals surface area contributed by atoms with Crippen LogP contribution in [0, 0.1) is 12.8 Å². The first-order chi connectivity index (χ1) is 16.5. The predicted molar refractivity (Wildman–Crippen MR) is 147 cm³/mol. The highest BCUT2D eigenvalue weighted by atomic mass is 15.2. The van der Waals surface area contributed by atoms with Crippen LogP contribution in [0.5, 0.6) is 0 Å². The predicted octanol–water partition coefficient (Wildman–Crippen LogP) is 6.02. The molecule has 1 atom stereocenters. The van der Waals surface area contributed by atoms with E-state index < -0.39 is 0 Å². The fraction of sp³-hybridized carbons (Fsp3) is 0.267. The number of allylic oxidation sites excluding steroid dienone is 7. The van der Waals surface area contributed by atoms with Crippen molar-refractivity contribution in [1.29, 1.82) is 0 Å². The quantitative estimate of drug-likeness (QED) is 0.369. The van der Waals surface area contributed by atoms with E-state index in [1.54, 1.807) is 0 Å². The molecule has 4 N–H and O–H groups in total. The van der Waals surface area contributed by atoms with E-state index in [4.69, 9.17) is 5.73 Å². The summed E-state index contributed by atoms with van der Waals surface area (Å²) < 4.78 is 0. The van der Waals surface area contributed by atoms with E-state index in [-0.39, 0.29) is 0 Å². The van der Waals surface area contributed by atoms with Crippen LogP contribution in [0.4, 0.5) is 5.69 Å². The summed E-state index contributed by atoms with van der Waals surface area (Å²) in [5.41, 5.74) is 14.7. The zero-order chi connectivity index (χ0) is 24.3. The Balaban J connectivity index is 0.000000229. The Hall–Kier alpha value is -3.50. The highest BCUT2D eigenvalue weighted by Gasteiger charge is 2.12. The molecule has 4 nitrogen and oxygen atoms in total. The summed E-state index contributed by atoms with van der Waals surface area (Å²) in [6.45, 7) is 12.4. The number of nitrogens with one attached hydrogen (secondary N) is 2. The minimum atomic E-state index is 0.491. The molecular formula is C30H38N4. The fourth-order valence-electron chi connectivity index (χ4n) is 4.07. The van der Waals surface area contributed by atoms with Gasteiger partial charge in [-0.3, -0.25) is 0 Å². The topological polar surface area (TPSA) is 53.3 Å². The number of anilines is 1. The zero-order valence-corrected chi connectivity index (χ0v) is 20.7. The summed E-state index contributed by atoms with van der Waals surface area (Å²) in [6.07, 6.45) is 13.8. The number of rotatable bonds is 6. The molecule has 2 aromatic rings. The Labute approximate surface area is 205 Å². The second-order valence-electron chi connectivity index (χ2n) is 8.91. The van der Waals surface area contributed by atoms with Crippen LogP contribution in [-0.2, 0) is 0 Å². The lowest BCUT2D eigenvalue weighted by Crippen LogP contribution is -2.34. The highest BCUT2D eigenvalue weighted by Crippen LogP contribution is 2.27. The molecule has 0 fully saturated rings. The third-order valence-electron chi connectivity index (χ3n) is 6.04. The maximum absolute atomic E-state index is 5.95. The number of nitrogens with two attached hydrogens (primary N) is 1. The Morgan fingerprint density at radius 3 is 2.50 bits per heavy atom. The molecule has 178 valence electrons. The summed E-state index contributed by atoms with van der Waals surface area (Å²) >= 11 is 0. The fourth-order valence-corrected chi connectivity index (χ4v) is 4.07. The maximum Gasteiger partial charge on any atom is 0.0843 e. The molecule has 34 heavy (non-hydrogen) atoms. The van der Waals surface area contributed by atoms with Crippen LogP contribution in [0.15, 0.2) is 109 Å². The van der Waals surface area contributed by atoms with Crippen LogP contribution in [0.1, 0.15) is 25.8 Å². The van der Waals surface area contributed by atoms with Gasteiger partial charge in [0, 0.05) is 23.5 Å². The summed E-state index contributed by atoms with van der Waals surface area (Å²) in [4.78, 5) is 2.18. The first kappa shape index (κ1) is 25.1. The van der Waals surface area contributed by atoms with Gasteiger partial charge >= 0.3 is 0 Å². The maximum atomic E-state index is 5.95. The average Bonchev–Trinajstić information content (AvgIpc) is 3.34. The minimum absolute atomic E-state index is 0.491. The zero-order valence-electron chi connectivity index (χ0n) is 20.7. The molecular weight excluding hydrogens is 416 g/mol. The van der Waals surface area contributed by atoms with Crippen molar-refractivity contribution in [3.05, 3.63) is 114 Å². The summed E-state index contributed by atoms with van der Waals surface area (Å²) in [6, 6.07) is 17.0. The third-order valence-corrected chi connectivity index (χ3v) is 6.04. The third kappa shape index (κ3) is 7.26. The van der Waals surface area contributed by atoms with Crippen LogP contribution < -0.4 is 21.3 Å². The molecule has 4 heteroatoms. The largest absolute Gasteiger partial charge is 0.372 e. The molecule has 0 aromatic heterocycles. The monoisotopic (exact) mass is 454 g/mol. The molecule has 2 aliphatic rings. The van der Waals surface area contributed by atoms with Crippen LogP contribution in [0.25, 0.3) is 11.1 Å². The van der Waals surface area contributed by atoms with E-state index in [9.17, 15) is 0 Å². The van der Waals surface area contributed by atoms with Gasteiger partial charge < -0.3 is 21.3 Å². The molecule has 0 saturated carbocycles. The van der Waals surface area contributed by atoms with Crippen LogP contribution in [0.3, 0.4) is 0 Å². The number of benzene rings is 2. The van der Waals surface area contributed by atoms with Crippen LogP contribution in [-0.4, -0.2) is 19.9 Å². The van der Waals surface area contributed by atoms with E-state index >= 15 is 0 Å². The summed E-state index contributed by atoms with van der Waals surface area (Å²) in [5, 5.41) is 6.46. The number of aryl methyl sites for hydroxylation is 1. The lowest BCUT2D eigenvalue weighted by molar-refractivity contribution is 0.747. The van der Waals surface area contributed by atoms with Gasteiger partial charge in [-0.1, -0.05) is 84.5 Å². The van der Waals surface area contributed by atoms with Crippen molar-refractivity contribution < 1.29 is 0 Å². The van der Waals surface area contributed by atoms with Gasteiger partial charge in [0.1, 0.15) is 0 Å². The second-order valence-corrected chi connectivity index (χ2v) is 8.91. The van der Waals surface area contributed by atoms with Gasteiger partial charge in [-0.05, 0) is 56.0 Å². The van der Waals surface area contributed by atoms with E-state index in [0.29, 0.717) is 12.6 Å². The molecule has 0 radical (unpaired) electrons. The molecule has 0 amide bonds. The van der Waals surface area contributed by atoms with Gasteiger partial charge in [-0.2, -0.15) is 0 Å². The molecule has 2 aromatic carbocycles. The van der Waals surface area contributed by atoms with Gasteiger partial charge in [0.15, 0.2) is 0 Å². The van der Waals surface area contributed by atoms with E-state index in [0.717, 1.165) is 25.3 Å². The lowest BCUT2D eigenvalue weighted by Gasteiger charge is -2.25. The van der Waals surface area contributed by atoms with Crippen molar-refractivity contribution in [1.82, 2.24) is 10.6 Å². The van der Waals surface area contributed by atoms with Gasteiger partial charge in [0.2, 0.25) is 0 Å². The van der Waals surface area contributed by atoms with Crippen molar-refractivity contribution in [2.24, 2.45) is 11.7 Å². The lowest BCUT2D eigenvalue weighted by atomic mass is 9.92. The molecule has 1 aliphatic heterocycles. The average molecular weight is 455 g/mol. The normalized spacial score (nSPS) is 19.1. The molecule has 0 spiro atoms. The Morgan fingerprint density at radius 2 is 1.85 bits per heavy atom. The van der Waals surface area contributed by atoms with Gasteiger partial charge in [-0.25, -0.2) is 0 Å². The highest BCUT2D eigenvalue weighted by molar-refractivity contribution is 5.69. The number of hydrogen-bond donors (Lipinski definition) is 3. The molecule has 1 unspecified atom stereocenters. The van der Waals surface area contributed by atoms with Gasteiger partial charge in [0.25, 0.3) is 0 Å². The Morgan fingerprint density at radius 1 is 1.06 bits per heavy atom. The van der Waals surface area contributed by atoms with Crippen molar-refractivity contribution in [3.63, 3.8) is 0 Å². The first-order valence-electron chi connectivity index (χ1n) is 11.9. The molecule has 4 rings (SSSR count). The molecule has 0 bridgehead atoms. The van der Waals surface area contributed by atoms with Crippen molar-refractivity contribution in [2.75, 3.05) is 24.8 Å². The van der Waals surface area contributed by atoms with E-state index in [1.807, 2.05) is 12.3 Å². The van der Waals surface area contributed by atoms with Gasteiger partial charge in [0.05, 0.1) is 19.9 Å². The summed E-state index contributed by atoms with van der Waals surface area (Å²) in [7, 11) is 0.